The first-order valence-corrected chi connectivity index (χ1v) is 7.76. The van der Waals surface area contributed by atoms with Gasteiger partial charge >= 0.3 is 0 Å². The van der Waals surface area contributed by atoms with Crippen LogP contribution in [0.1, 0.15) is 46.0 Å². The summed E-state index contributed by atoms with van der Waals surface area (Å²) < 4.78 is 11.5. The summed E-state index contributed by atoms with van der Waals surface area (Å²) in [5.74, 6) is 0. The van der Waals surface area contributed by atoms with Crippen LogP contribution < -0.4 is 5.73 Å². The van der Waals surface area contributed by atoms with Crippen molar-refractivity contribution in [3.05, 3.63) is 0 Å². The summed E-state index contributed by atoms with van der Waals surface area (Å²) >= 11 is 0. The van der Waals surface area contributed by atoms with Crippen molar-refractivity contribution in [3.63, 3.8) is 0 Å². The highest BCUT2D eigenvalue weighted by molar-refractivity contribution is 5.00. The molecule has 1 saturated heterocycles. The lowest BCUT2D eigenvalue weighted by atomic mass is 9.77. The predicted octanol–water partition coefficient (Wildman–Crippen LogP) is 1.77. The van der Waals surface area contributed by atoms with Crippen molar-refractivity contribution in [3.8, 4) is 0 Å². The fourth-order valence-electron chi connectivity index (χ4n) is 3.81. The zero-order valence-corrected chi connectivity index (χ0v) is 12.7. The van der Waals surface area contributed by atoms with Gasteiger partial charge < -0.3 is 15.2 Å². The Bertz CT molecular complexity index is 287. The molecule has 1 saturated carbocycles. The van der Waals surface area contributed by atoms with E-state index in [0.717, 1.165) is 32.5 Å². The Balaban J connectivity index is 2.17. The molecule has 2 rings (SSSR count). The Kier molecular flexibility index (Phi) is 5.23. The average Bonchev–Trinajstić information content (AvgIpc) is 2.47. The van der Waals surface area contributed by atoms with Crippen LogP contribution in [-0.2, 0) is 9.47 Å². The molecule has 1 aliphatic heterocycles. The van der Waals surface area contributed by atoms with Gasteiger partial charge in [0.2, 0.25) is 0 Å². The van der Waals surface area contributed by atoms with Crippen molar-refractivity contribution in [2.75, 3.05) is 26.8 Å². The second kappa shape index (κ2) is 6.53. The van der Waals surface area contributed by atoms with Crippen molar-refractivity contribution in [1.29, 1.82) is 0 Å². The highest BCUT2D eigenvalue weighted by Gasteiger charge is 2.44. The molecule has 2 N–H and O–H groups in total. The van der Waals surface area contributed by atoms with E-state index in [1.807, 2.05) is 7.11 Å². The Morgan fingerprint density at radius 2 is 2.26 bits per heavy atom. The van der Waals surface area contributed by atoms with Crippen LogP contribution in [0.5, 0.6) is 0 Å². The summed E-state index contributed by atoms with van der Waals surface area (Å²) in [7, 11) is 1.83. The number of nitrogens with two attached hydrogens (primary N) is 1. The number of methoxy groups -OCH3 is 1. The van der Waals surface area contributed by atoms with Gasteiger partial charge in [0.05, 0.1) is 18.8 Å². The number of rotatable bonds is 4. The van der Waals surface area contributed by atoms with Crippen LogP contribution in [0.3, 0.4) is 0 Å². The molecule has 4 nitrogen and oxygen atoms in total. The molecule has 1 heterocycles. The SMILES string of the molecule is CCC1COC(C)CN1C1(CN)CCCC(OC)C1. The smallest absolute Gasteiger partial charge is 0.0675 e. The van der Waals surface area contributed by atoms with Crippen molar-refractivity contribution in [2.24, 2.45) is 5.73 Å². The van der Waals surface area contributed by atoms with Crippen LogP contribution in [0.2, 0.25) is 0 Å². The lowest BCUT2D eigenvalue weighted by Gasteiger charge is -2.53. The van der Waals surface area contributed by atoms with Crippen LogP contribution in [0.15, 0.2) is 0 Å². The van der Waals surface area contributed by atoms with Crippen molar-refractivity contribution >= 4 is 0 Å². The number of nitrogens with zero attached hydrogens (tertiary/aromatic N) is 1. The molecule has 112 valence electrons. The minimum absolute atomic E-state index is 0.123. The van der Waals surface area contributed by atoms with E-state index in [1.54, 1.807) is 0 Å². The molecule has 0 aromatic rings. The van der Waals surface area contributed by atoms with E-state index in [0.29, 0.717) is 18.2 Å². The highest BCUT2D eigenvalue weighted by atomic mass is 16.5. The minimum Gasteiger partial charge on any atom is -0.381 e. The molecule has 0 spiro atoms. The minimum atomic E-state index is 0.123. The zero-order valence-electron chi connectivity index (χ0n) is 12.7. The standard InChI is InChI=1S/C15H30N2O2/c1-4-13-10-19-12(2)9-17(13)15(11-16)7-5-6-14(8-15)18-3/h12-14H,4-11,16H2,1-3H3. The van der Waals surface area contributed by atoms with Crippen LogP contribution in [0.25, 0.3) is 0 Å². The van der Waals surface area contributed by atoms with Gasteiger partial charge in [0.15, 0.2) is 0 Å². The maximum Gasteiger partial charge on any atom is 0.0675 e. The molecule has 4 atom stereocenters. The first kappa shape index (κ1) is 15.2. The van der Waals surface area contributed by atoms with Crippen LogP contribution in [0, 0.1) is 0 Å². The number of ether oxygens (including phenoxy) is 2. The zero-order chi connectivity index (χ0) is 13.9. The van der Waals surface area contributed by atoms with Crippen molar-refractivity contribution < 1.29 is 9.47 Å². The maximum atomic E-state index is 6.21. The predicted molar refractivity (Wildman–Crippen MR) is 77.2 cm³/mol. The van der Waals surface area contributed by atoms with Gasteiger partial charge in [0.25, 0.3) is 0 Å². The molecule has 4 unspecified atom stereocenters. The number of hydrogen-bond donors (Lipinski definition) is 1. The molecular weight excluding hydrogens is 240 g/mol. The molecule has 0 aromatic carbocycles. The van der Waals surface area contributed by atoms with E-state index in [4.69, 9.17) is 15.2 Å². The summed E-state index contributed by atoms with van der Waals surface area (Å²) in [6, 6.07) is 0.510. The van der Waals surface area contributed by atoms with Crippen molar-refractivity contribution in [2.45, 2.75) is 69.7 Å². The molecule has 2 aliphatic rings. The third-order valence-electron chi connectivity index (χ3n) is 5.04. The summed E-state index contributed by atoms with van der Waals surface area (Å²) in [5, 5.41) is 0. The van der Waals surface area contributed by atoms with E-state index in [2.05, 4.69) is 18.7 Å². The van der Waals surface area contributed by atoms with Crippen molar-refractivity contribution in [1.82, 2.24) is 4.90 Å². The highest BCUT2D eigenvalue weighted by Crippen LogP contribution is 2.37. The summed E-state index contributed by atoms with van der Waals surface area (Å²) in [6.07, 6.45) is 6.48. The molecular formula is C15H30N2O2. The van der Waals surface area contributed by atoms with Gasteiger partial charge in [-0.3, -0.25) is 4.90 Å². The second-order valence-corrected chi connectivity index (χ2v) is 6.24. The summed E-state index contributed by atoms with van der Waals surface area (Å²) in [4.78, 5) is 2.65. The molecule has 4 heteroatoms. The normalized spacial score (nSPS) is 41.4. The summed E-state index contributed by atoms with van der Waals surface area (Å²) in [6.45, 7) is 7.00. The van der Waals surface area contributed by atoms with E-state index in [9.17, 15) is 0 Å². The van der Waals surface area contributed by atoms with E-state index in [-0.39, 0.29) is 5.54 Å². The number of morpholine rings is 1. The van der Waals surface area contributed by atoms with E-state index >= 15 is 0 Å². The third kappa shape index (κ3) is 3.13. The molecule has 0 bridgehead atoms. The molecule has 2 fully saturated rings. The van der Waals surface area contributed by atoms with Gasteiger partial charge in [-0.15, -0.1) is 0 Å². The first-order chi connectivity index (χ1) is 9.15. The van der Waals surface area contributed by atoms with Crippen LogP contribution in [0.4, 0.5) is 0 Å². The Labute approximate surface area is 117 Å². The van der Waals surface area contributed by atoms with Gasteiger partial charge in [0, 0.05) is 31.8 Å². The fourth-order valence-corrected chi connectivity index (χ4v) is 3.81. The molecule has 0 aromatic heterocycles. The Morgan fingerprint density at radius 3 is 2.89 bits per heavy atom. The lowest BCUT2D eigenvalue weighted by molar-refractivity contribution is -0.121. The average molecular weight is 270 g/mol. The summed E-state index contributed by atoms with van der Waals surface area (Å²) in [5.41, 5.74) is 6.33. The largest absolute Gasteiger partial charge is 0.381 e. The Morgan fingerprint density at radius 1 is 1.47 bits per heavy atom. The van der Waals surface area contributed by atoms with Crippen LogP contribution in [-0.4, -0.2) is 55.5 Å². The quantitative estimate of drug-likeness (QED) is 0.846. The molecule has 0 radical (unpaired) electrons. The molecule has 19 heavy (non-hydrogen) atoms. The van der Waals surface area contributed by atoms with Gasteiger partial charge in [-0.05, 0) is 39.0 Å². The van der Waals surface area contributed by atoms with Gasteiger partial charge in [0.1, 0.15) is 0 Å². The topological polar surface area (TPSA) is 47.7 Å². The fraction of sp³-hybridized carbons (Fsp3) is 1.00. The maximum absolute atomic E-state index is 6.21. The van der Waals surface area contributed by atoms with Crippen LogP contribution >= 0.6 is 0 Å². The monoisotopic (exact) mass is 270 g/mol. The van der Waals surface area contributed by atoms with Gasteiger partial charge in [-0.1, -0.05) is 6.92 Å². The number of hydrogen-bond acceptors (Lipinski definition) is 4. The Hall–Kier alpha value is -0.160. The van der Waals surface area contributed by atoms with E-state index < -0.39 is 0 Å². The molecule has 1 aliphatic carbocycles. The third-order valence-corrected chi connectivity index (χ3v) is 5.04. The lowest BCUT2D eigenvalue weighted by Crippen LogP contribution is -2.64. The first-order valence-electron chi connectivity index (χ1n) is 7.76. The van der Waals surface area contributed by atoms with E-state index in [1.165, 1.54) is 19.3 Å². The molecule has 0 amide bonds. The van der Waals surface area contributed by atoms with Gasteiger partial charge in [-0.2, -0.15) is 0 Å². The second-order valence-electron chi connectivity index (χ2n) is 6.24. The van der Waals surface area contributed by atoms with Gasteiger partial charge in [-0.25, -0.2) is 0 Å².